The largest absolute Gasteiger partial charge is 0.440 e. The van der Waals surface area contributed by atoms with Crippen molar-refractivity contribution in [1.29, 1.82) is 0 Å². The quantitative estimate of drug-likeness (QED) is 0.487. The number of nitrogens with zero attached hydrogens (tertiary/aromatic N) is 1. The van der Waals surface area contributed by atoms with E-state index in [1.807, 2.05) is 60.7 Å². The van der Waals surface area contributed by atoms with Gasteiger partial charge >= 0.3 is 0 Å². The minimum Gasteiger partial charge on any atom is -0.440 e. The molecule has 1 aromatic heterocycles. The molecule has 4 nitrogen and oxygen atoms in total. The number of hydrogen-bond acceptors (Lipinski definition) is 3. The lowest BCUT2D eigenvalue weighted by atomic mass is 10.1. The Bertz CT molecular complexity index is 1090. The van der Waals surface area contributed by atoms with Crippen LogP contribution in [-0.4, -0.2) is 10.9 Å². The zero-order valence-corrected chi connectivity index (χ0v) is 16.1. The van der Waals surface area contributed by atoms with Gasteiger partial charge in [-0.2, -0.15) is 0 Å². The number of amides is 1. The van der Waals surface area contributed by atoms with E-state index in [2.05, 4.69) is 26.2 Å². The number of hydrogen-bond donors (Lipinski definition) is 1. The molecular weight excluding hydrogens is 404 g/mol. The van der Waals surface area contributed by atoms with E-state index in [0.29, 0.717) is 30.0 Å². The van der Waals surface area contributed by atoms with E-state index in [9.17, 15) is 4.79 Å². The highest BCUT2D eigenvalue weighted by atomic mass is 79.9. The predicted octanol–water partition coefficient (Wildman–Crippen LogP) is 5.11. The molecule has 0 atom stereocenters. The topological polar surface area (TPSA) is 55.1 Å². The molecule has 0 spiro atoms. The van der Waals surface area contributed by atoms with Crippen molar-refractivity contribution >= 4 is 32.9 Å². The summed E-state index contributed by atoms with van der Waals surface area (Å²) in [6.07, 6.45) is 0.624. The Morgan fingerprint density at radius 2 is 1.78 bits per heavy atom. The Balaban J connectivity index is 1.49. The number of rotatable bonds is 5. The van der Waals surface area contributed by atoms with E-state index in [-0.39, 0.29) is 5.91 Å². The molecule has 0 aliphatic carbocycles. The van der Waals surface area contributed by atoms with E-state index in [0.717, 1.165) is 21.1 Å². The maximum Gasteiger partial charge on any atom is 0.251 e. The molecule has 1 heterocycles. The van der Waals surface area contributed by atoms with Gasteiger partial charge in [-0.25, -0.2) is 4.98 Å². The Labute approximate surface area is 165 Å². The summed E-state index contributed by atoms with van der Waals surface area (Å²) in [4.78, 5) is 17.0. The summed E-state index contributed by atoms with van der Waals surface area (Å²) in [6, 6.07) is 23.2. The lowest BCUT2D eigenvalue weighted by molar-refractivity contribution is 0.0951. The number of fused-ring (bicyclic) bond motifs is 1. The number of aromatic nitrogens is 1. The van der Waals surface area contributed by atoms with Crippen molar-refractivity contribution in [3.8, 4) is 0 Å². The lowest BCUT2D eigenvalue weighted by Crippen LogP contribution is -2.22. The third-order valence-electron chi connectivity index (χ3n) is 4.29. The van der Waals surface area contributed by atoms with Crippen LogP contribution in [0.5, 0.6) is 0 Å². The van der Waals surface area contributed by atoms with E-state index < -0.39 is 0 Å². The van der Waals surface area contributed by atoms with E-state index >= 15 is 0 Å². The average Bonchev–Trinajstić information content (AvgIpc) is 3.09. The molecule has 0 radical (unpaired) electrons. The van der Waals surface area contributed by atoms with Gasteiger partial charge in [0.05, 0.1) is 0 Å². The van der Waals surface area contributed by atoms with Crippen molar-refractivity contribution in [2.45, 2.75) is 13.0 Å². The summed E-state index contributed by atoms with van der Waals surface area (Å²) < 4.78 is 6.82. The summed E-state index contributed by atoms with van der Waals surface area (Å²) in [7, 11) is 0. The third kappa shape index (κ3) is 4.09. The van der Waals surface area contributed by atoms with Gasteiger partial charge in [-0.1, -0.05) is 64.5 Å². The number of nitrogens with one attached hydrogen (secondary N) is 1. The minimum atomic E-state index is -0.145. The molecule has 1 amide bonds. The Kier molecular flexibility index (Phi) is 5.03. The van der Waals surface area contributed by atoms with Crippen molar-refractivity contribution in [3.63, 3.8) is 0 Å². The molecule has 3 aromatic carbocycles. The van der Waals surface area contributed by atoms with Gasteiger partial charge in [0.1, 0.15) is 5.52 Å². The average molecular weight is 421 g/mol. The van der Waals surface area contributed by atoms with Gasteiger partial charge < -0.3 is 9.73 Å². The van der Waals surface area contributed by atoms with Crippen LogP contribution in [0.4, 0.5) is 0 Å². The smallest absolute Gasteiger partial charge is 0.251 e. The van der Waals surface area contributed by atoms with Crippen LogP contribution in [-0.2, 0) is 13.0 Å². The molecule has 4 aromatic rings. The molecule has 0 fully saturated rings. The van der Waals surface area contributed by atoms with Crippen LogP contribution in [0.15, 0.2) is 81.7 Å². The van der Waals surface area contributed by atoms with Crippen molar-refractivity contribution in [1.82, 2.24) is 10.3 Å². The van der Waals surface area contributed by atoms with Crippen LogP contribution in [0.2, 0.25) is 0 Å². The van der Waals surface area contributed by atoms with Gasteiger partial charge in [0.25, 0.3) is 5.91 Å². The van der Waals surface area contributed by atoms with Gasteiger partial charge in [0.2, 0.25) is 0 Å². The summed E-state index contributed by atoms with van der Waals surface area (Å²) in [5.74, 6) is 0.496. The number of carbonyl (C=O) groups is 1. The highest BCUT2D eigenvalue weighted by molar-refractivity contribution is 9.10. The first-order valence-corrected chi connectivity index (χ1v) is 9.43. The second kappa shape index (κ2) is 7.76. The monoisotopic (exact) mass is 420 g/mol. The molecule has 1 N–H and O–H groups in total. The zero-order valence-electron chi connectivity index (χ0n) is 14.5. The van der Waals surface area contributed by atoms with Gasteiger partial charge in [-0.05, 0) is 35.4 Å². The summed E-state index contributed by atoms with van der Waals surface area (Å²) in [5.41, 5.74) is 4.09. The Morgan fingerprint density at radius 3 is 2.59 bits per heavy atom. The molecule has 4 rings (SSSR count). The fraction of sp³-hybridized carbons (Fsp3) is 0.0909. The molecular formula is C22H17BrN2O2. The number of halogens is 1. The number of oxazole rings is 1. The third-order valence-corrected chi connectivity index (χ3v) is 5.06. The van der Waals surface area contributed by atoms with Crippen molar-refractivity contribution < 1.29 is 9.21 Å². The second-order valence-corrected chi connectivity index (χ2v) is 7.08. The van der Waals surface area contributed by atoms with Crippen LogP contribution in [0, 0.1) is 0 Å². The van der Waals surface area contributed by atoms with Crippen LogP contribution in [0.3, 0.4) is 0 Å². The molecule has 0 aliphatic heterocycles. The summed E-state index contributed by atoms with van der Waals surface area (Å²) in [5, 5.41) is 2.94. The summed E-state index contributed by atoms with van der Waals surface area (Å²) >= 11 is 3.49. The fourth-order valence-electron chi connectivity index (χ4n) is 2.88. The van der Waals surface area contributed by atoms with Crippen LogP contribution in [0.25, 0.3) is 11.1 Å². The Morgan fingerprint density at radius 1 is 1.00 bits per heavy atom. The van der Waals surface area contributed by atoms with Crippen LogP contribution >= 0.6 is 15.9 Å². The van der Waals surface area contributed by atoms with Crippen LogP contribution < -0.4 is 5.32 Å². The van der Waals surface area contributed by atoms with Gasteiger partial charge in [-0.3, -0.25) is 4.79 Å². The molecule has 0 saturated carbocycles. The van der Waals surface area contributed by atoms with E-state index in [1.54, 1.807) is 12.1 Å². The van der Waals surface area contributed by atoms with E-state index in [4.69, 9.17) is 4.42 Å². The first kappa shape index (κ1) is 17.5. The van der Waals surface area contributed by atoms with Crippen molar-refractivity contribution in [3.05, 3.63) is 99.9 Å². The predicted molar refractivity (Wildman–Crippen MR) is 109 cm³/mol. The Hall–Kier alpha value is -2.92. The molecule has 0 aliphatic rings. The number of benzene rings is 3. The molecule has 27 heavy (non-hydrogen) atoms. The first-order valence-electron chi connectivity index (χ1n) is 8.64. The summed E-state index contributed by atoms with van der Waals surface area (Å²) in [6.45, 7) is 0.452. The minimum absolute atomic E-state index is 0.145. The van der Waals surface area contributed by atoms with E-state index in [1.165, 1.54) is 0 Å². The molecule has 134 valence electrons. The highest BCUT2D eigenvalue weighted by Gasteiger charge is 2.11. The SMILES string of the molecule is O=C(NCc1ccccc1Br)c1ccc2nc(Cc3ccccc3)oc2c1. The fourth-order valence-corrected chi connectivity index (χ4v) is 3.30. The normalized spacial score (nSPS) is 10.9. The number of carbonyl (C=O) groups excluding carboxylic acids is 1. The highest BCUT2D eigenvalue weighted by Crippen LogP contribution is 2.20. The van der Waals surface area contributed by atoms with Crippen molar-refractivity contribution in [2.75, 3.05) is 0 Å². The molecule has 5 heteroatoms. The van der Waals surface area contributed by atoms with Gasteiger partial charge in [0, 0.05) is 23.0 Å². The maximum atomic E-state index is 12.5. The maximum absolute atomic E-state index is 12.5. The molecule has 0 bridgehead atoms. The van der Waals surface area contributed by atoms with Gasteiger partial charge in [-0.15, -0.1) is 0 Å². The van der Waals surface area contributed by atoms with Crippen LogP contribution in [0.1, 0.15) is 27.4 Å². The lowest BCUT2D eigenvalue weighted by Gasteiger charge is -2.07. The zero-order chi connectivity index (χ0) is 18.6. The second-order valence-electron chi connectivity index (χ2n) is 6.23. The molecule has 0 unspecified atom stereocenters. The van der Waals surface area contributed by atoms with Crippen molar-refractivity contribution in [2.24, 2.45) is 0 Å². The first-order chi connectivity index (χ1) is 13.2. The molecule has 0 saturated heterocycles. The van der Waals surface area contributed by atoms with Gasteiger partial charge in [0.15, 0.2) is 11.5 Å². The standard InChI is InChI=1S/C22H17BrN2O2/c23-18-9-5-4-8-17(18)14-24-22(26)16-10-11-19-20(13-16)27-21(25-19)12-15-6-2-1-3-7-15/h1-11,13H,12,14H2,(H,24,26).